The Morgan fingerprint density at radius 3 is 2.33 bits per heavy atom. The maximum Gasteiger partial charge on any atom is 0.508 e. The lowest BCUT2D eigenvalue weighted by Gasteiger charge is -2.34. The van der Waals surface area contributed by atoms with Crippen LogP contribution >= 0.6 is 0 Å². The highest BCUT2D eigenvalue weighted by molar-refractivity contribution is 5.60. The zero-order chi connectivity index (χ0) is 14.0. The van der Waals surface area contributed by atoms with Crippen molar-refractivity contribution in [3.05, 3.63) is 0 Å². The molecule has 0 aliphatic carbocycles. The van der Waals surface area contributed by atoms with Crippen LogP contribution in [-0.2, 0) is 9.47 Å². The summed E-state index contributed by atoms with van der Waals surface area (Å²) in [6.07, 6.45) is 6.47. The van der Waals surface area contributed by atoms with E-state index in [1.807, 2.05) is 6.92 Å². The molecule has 108 valence electrons. The van der Waals surface area contributed by atoms with Gasteiger partial charge < -0.3 is 9.47 Å². The highest BCUT2D eigenvalue weighted by Crippen LogP contribution is 2.34. The first-order valence-electron chi connectivity index (χ1n) is 7.33. The molecule has 0 rings (SSSR count). The first kappa shape index (κ1) is 17.3. The molecule has 3 heteroatoms. The van der Waals surface area contributed by atoms with Crippen molar-refractivity contribution in [2.24, 2.45) is 5.41 Å². The van der Waals surface area contributed by atoms with E-state index in [0.717, 1.165) is 12.8 Å². The summed E-state index contributed by atoms with van der Waals surface area (Å²) in [5.41, 5.74) is 0.0561. The molecular formula is C15H30O3. The number of hydrogen-bond donors (Lipinski definition) is 0. The Balaban J connectivity index is 4.20. The van der Waals surface area contributed by atoms with Gasteiger partial charge in [-0.3, -0.25) is 0 Å². The van der Waals surface area contributed by atoms with E-state index in [0.29, 0.717) is 6.61 Å². The molecule has 0 fully saturated rings. The number of ether oxygens (including phenoxy) is 2. The summed E-state index contributed by atoms with van der Waals surface area (Å²) in [6, 6.07) is 0. The molecule has 2 atom stereocenters. The van der Waals surface area contributed by atoms with Crippen molar-refractivity contribution in [2.75, 3.05) is 6.61 Å². The molecule has 0 aromatic heterocycles. The predicted octanol–water partition coefficient (Wildman–Crippen LogP) is 4.93. The smallest absolute Gasteiger partial charge is 0.435 e. The van der Waals surface area contributed by atoms with Gasteiger partial charge in [-0.15, -0.1) is 0 Å². The zero-order valence-corrected chi connectivity index (χ0v) is 12.8. The molecule has 0 bridgehead atoms. The fourth-order valence-corrected chi connectivity index (χ4v) is 2.06. The molecule has 0 aliphatic rings. The summed E-state index contributed by atoms with van der Waals surface area (Å²) in [4.78, 5) is 11.3. The largest absolute Gasteiger partial charge is 0.508 e. The molecule has 0 saturated heterocycles. The Morgan fingerprint density at radius 1 is 1.17 bits per heavy atom. The number of hydrogen-bond acceptors (Lipinski definition) is 3. The van der Waals surface area contributed by atoms with E-state index in [4.69, 9.17) is 9.47 Å². The Bertz CT molecular complexity index is 228. The van der Waals surface area contributed by atoms with Crippen LogP contribution in [0.15, 0.2) is 0 Å². The second kappa shape index (κ2) is 9.23. The SMILES string of the molecule is CCCCCCC(C)(CC)C(C)OC(=O)OCC. The van der Waals surface area contributed by atoms with Crippen LogP contribution in [0.3, 0.4) is 0 Å². The van der Waals surface area contributed by atoms with Crippen molar-refractivity contribution >= 4 is 6.16 Å². The minimum Gasteiger partial charge on any atom is -0.435 e. The van der Waals surface area contributed by atoms with Gasteiger partial charge in [0.15, 0.2) is 0 Å². The van der Waals surface area contributed by atoms with Crippen LogP contribution in [0.1, 0.15) is 73.1 Å². The third-order valence-electron chi connectivity index (χ3n) is 3.93. The van der Waals surface area contributed by atoms with Crippen LogP contribution < -0.4 is 0 Å². The van der Waals surface area contributed by atoms with Crippen molar-refractivity contribution in [2.45, 2.75) is 79.2 Å². The van der Waals surface area contributed by atoms with Gasteiger partial charge in [-0.1, -0.05) is 46.5 Å². The maximum atomic E-state index is 11.3. The van der Waals surface area contributed by atoms with Crippen molar-refractivity contribution in [3.63, 3.8) is 0 Å². The minimum absolute atomic E-state index is 0.0561. The van der Waals surface area contributed by atoms with Crippen LogP contribution in [0.5, 0.6) is 0 Å². The first-order valence-corrected chi connectivity index (χ1v) is 7.33. The van der Waals surface area contributed by atoms with Gasteiger partial charge >= 0.3 is 6.16 Å². The summed E-state index contributed by atoms with van der Waals surface area (Å²) in [6.45, 7) is 10.7. The van der Waals surface area contributed by atoms with Crippen molar-refractivity contribution in [1.29, 1.82) is 0 Å². The number of carbonyl (C=O) groups is 1. The lowest BCUT2D eigenvalue weighted by atomic mass is 9.77. The molecule has 0 aromatic carbocycles. The lowest BCUT2D eigenvalue weighted by molar-refractivity contribution is -0.0233. The Hall–Kier alpha value is -0.730. The fraction of sp³-hybridized carbons (Fsp3) is 0.933. The Labute approximate surface area is 112 Å². The monoisotopic (exact) mass is 258 g/mol. The molecule has 0 amide bonds. The zero-order valence-electron chi connectivity index (χ0n) is 12.8. The third-order valence-corrected chi connectivity index (χ3v) is 3.93. The molecule has 0 spiro atoms. The first-order chi connectivity index (χ1) is 8.50. The third kappa shape index (κ3) is 6.27. The van der Waals surface area contributed by atoms with Gasteiger partial charge in [0.2, 0.25) is 0 Å². The quantitative estimate of drug-likeness (QED) is 0.434. The van der Waals surface area contributed by atoms with Crippen LogP contribution in [-0.4, -0.2) is 18.9 Å². The number of unbranched alkanes of at least 4 members (excludes halogenated alkanes) is 3. The van der Waals surface area contributed by atoms with Gasteiger partial charge in [-0.25, -0.2) is 4.79 Å². The second-order valence-corrected chi connectivity index (χ2v) is 5.26. The highest BCUT2D eigenvalue weighted by Gasteiger charge is 2.32. The molecule has 0 heterocycles. The van der Waals surface area contributed by atoms with E-state index >= 15 is 0 Å². The minimum atomic E-state index is -0.543. The topological polar surface area (TPSA) is 35.5 Å². The predicted molar refractivity (Wildman–Crippen MR) is 74.7 cm³/mol. The van der Waals surface area contributed by atoms with E-state index in [1.54, 1.807) is 6.92 Å². The molecular weight excluding hydrogens is 228 g/mol. The average Bonchev–Trinajstić information content (AvgIpc) is 2.34. The van der Waals surface area contributed by atoms with E-state index in [2.05, 4.69) is 20.8 Å². The van der Waals surface area contributed by atoms with Crippen LogP contribution in [0, 0.1) is 5.41 Å². The Kier molecular flexibility index (Phi) is 8.86. The van der Waals surface area contributed by atoms with E-state index in [-0.39, 0.29) is 11.5 Å². The molecule has 2 unspecified atom stereocenters. The molecule has 3 nitrogen and oxygen atoms in total. The highest BCUT2D eigenvalue weighted by atomic mass is 16.7. The molecule has 18 heavy (non-hydrogen) atoms. The summed E-state index contributed by atoms with van der Waals surface area (Å²) in [5, 5.41) is 0. The summed E-state index contributed by atoms with van der Waals surface area (Å²) in [7, 11) is 0. The van der Waals surface area contributed by atoms with Crippen molar-refractivity contribution in [3.8, 4) is 0 Å². The standard InChI is InChI=1S/C15H30O3/c1-6-9-10-11-12-15(5,7-2)13(4)18-14(16)17-8-3/h13H,6-12H2,1-5H3. The van der Waals surface area contributed by atoms with Gasteiger partial charge in [0, 0.05) is 5.41 Å². The van der Waals surface area contributed by atoms with Crippen molar-refractivity contribution in [1.82, 2.24) is 0 Å². The van der Waals surface area contributed by atoms with Crippen LogP contribution in [0.4, 0.5) is 4.79 Å². The van der Waals surface area contributed by atoms with Crippen LogP contribution in [0.25, 0.3) is 0 Å². The molecule has 0 N–H and O–H groups in total. The normalized spacial score (nSPS) is 15.8. The van der Waals surface area contributed by atoms with Gasteiger partial charge in [-0.2, -0.15) is 0 Å². The van der Waals surface area contributed by atoms with E-state index in [9.17, 15) is 4.79 Å². The van der Waals surface area contributed by atoms with Gasteiger partial charge in [0.05, 0.1) is 6.61 Å². The maximum absolute atomic E-state index is 11.3. The summed E-state index contributed by atoms with van der Waals surface area (Å²) >= 11 is 0. The molecule has 0 saturated carbocycles. The molecule has 0 radical (unpaired) electrons. The lowest BCUT2D eigenvalue weighted by Crippen LogP contribution is -2.34. The Morgan fingerprint density at radius 2 is 1.83 bits per heavy atom. The van der Waals surface area contributed by atoms with Gasteiger partial charge in [0.1, 0.15) is 6.10 Å². The fourth-order valence-electron chi connectivity index (χ4n) is 2.06. The molecule has 0 aromatic rings. The van der Waals surface area contributed by atoms with Crippen LogP contribution in [0.2, 0.25) is 0 Å². The van der Waals surface area contributed by atoms with E-state index in [1.165, 1.54) is 25.7 Å². The number of rotatable bonds is 9. The van der Waals surface area contributed by atoms with E-state index < -0.39 is 6.16 Å². The summed E-state index contributed by atoms with van der Waals surface area (Å²) in [5.74, 6) is 0. The average molecular weight is 258 g/mol. The number of carbonyl (C=O) groups excluding carboxylic acids is 1. The van der Waals surface area contributed by atoms with Crippen molar-refractivity contribution < 1.29 is 14.3 Å². The molecule has 0 aliphatic heterocycles. The van der Waals surface area contributed by atoms with Gasteiger partial charge in [0.25, 0.3) is 0 Å². The second-order valence-electron chi connectivity index (χ2n) is 5.26. The summed E-state index contributed by atoms with van der Waals surface area (Å²) < 4.78 is 10.2. The van der Waals surface area contributed by atoms with Gasteiger partial charge in [-0.05, 0) is 26.7 Å².